The molecule has 0 spiro atoms. The zero-order valence-corrected chi connectivity index (χ0v) is 10.1. The zero-order chi connectivity index (χ0) is 11.8. The third-order valence-electron chi connectivity index (χ3n) is 2.31. The summed E-state index contributed by atoms with van der Waals surface area (Å²) in [5.74, 6) is 0.671. The van der Waals surface area contributed by atoms with E-state index in [1.165, 1.54) is 6.20 Å². The summed E-state index contributed by atoms with van der Waals surface area (Å²) in [4.78, 5) is 0.109. The van der Waals surface area contributed by atoms with Crippen LogP contribution in [0.3, 0.4) is 0 Å². The van der Waals surface area contributed by atoms with E-state index < -0.39 is 10.0 Å². The molecule has 0 aromatic carbocycles. The molecule has 1 aliphatic carbocycles. The first-order valence-electron chi connectivity index (χ1n) is 4.81. The van der Waals surface area contributed by atoms with Crippen LogP contribution in [0.2, 0.25) is 0 Å². The van der Waals surface area contributed by atoms with Crippen LogP contribution in [0.15, 0.2) is 6.20 Å². The molecule has 1 heterocycles. The fraction of sp³-hybridized carbons (Fsp3) is 0.500. The molecule has 1 saturated carbocycles. The van der Waals surface area contributed by atoms with Crippen molar-refractivity contribution in [3.05, 3.63) is 11.8 Å². The molecule has 0 bridgehead atoms. The Hall–Kier alpha value is -1.15. The number of nitrogens with one attached hydrogen (secondary N) is 2. The van der Waals surface area contributed by atoms with E-state index in [1.807, 2.05) is 0 Å². The molecule has 1 aliphatic rings. The van der Waals surface area contributed by atoms with Crippen molar-refractivity contribution in [2.24, 2.45) is 11.7 Å². The number of rotatable bonds is 5. The van der Waals surface area contributed by atoms with Gasteiger partial charge in [-0.1, -0.05) is 12.2 Å². The predicted molar refractivity (Wildman–Crippen MR) is 64.6 cm³/mol. The number of anilines is 1. The Bertz CT molecular complexity index is 504. The molecule has 16 heavy (non-hydrogen) atoms. The Morgan fingerprint density at radius 3 is 2.94 bits per heavy atom. The van der Waals surface area contributed by atoms with Crippen molar-refractivity contribution in [2.75, 3.05) is 10.5 Å². The van der Waals surface area contributed by atoms with Crippen LogP contribution in [0, 0.1) is 5.92 Å². The van der Waals surface area contributed by atoms with Gasteiger partial charge in [-0.2, -0.15) is 5.10 Å². The Morgan fingerprint density at radius 2 is 2.38 bits per heavy atom. The maximum atomic E-state index is 11.7. The zero-order valence-electron chi connectivity index (χ0n) is 8.43. The fourth-order valence-corrected chi connectivity index (χ4v) is 3.00. The van der Waals surface area contributed by atoms with E-state index in [1.54, 1.807) is 0 Å². The van der Waals surface area contributed by atoms with Crippen LogP contribution < -0.4 is 10.5 Å². The summed E-state index contributed by atoms with van der Waals surface area (Å²) >= 11 is 4.78. The number of sulfonamides is 1. The maximum absolute atomic E-state index is 11.7. The van der Waals surface area contributed by atoms with Gasteiger partial charge in [0.2, 0.25) is 10.0 Å². The van der Waals surface area contributed by atoms with E-state index in [-0.39, 0.29) is 22.5 Å². The highest BCUT2D eigenvalue weighted by Gasteiger charge is 2.28. The van der Waals surface area contributed by atoms with E-state index >= 15 is 0 Å². The summed E-state index contributed by atoms with van der Waals surface area (Å²) in [6.45, 7) is 0. The van der Waals surface area contributed by atoms with Gasteiger partial charge in [0.25, 0.3) is 0 Å². The summed E-state index contributed by atoms with van der Waals surface area (Å²) in [7, 11) is -3.33. The fourth-order valence-electron chi connectivity index (χ4n) is 1.34. The van der Waals surface area contributed by atoms with Crippen molar-refractivity contribution in [1.82, 2.24) is 10.2 Å². The molecule has 0 unspecified atom stereocenters. The van der Waals surface area contributed by atoms with E-state index in [0.717, 1.165) is 12.8 Å². The normalized spacial score (nSPS) is 16.0. The van der Waals surface area contributed by atoms with Gasteiger partial charge in [0, 0.05) is 0 Å². The molecule has 0 saturated heterocycles. The van der Waals surface area contributed by atoms with Crippen molar-refractivity contribution in [2.45, 2.75) is 12.8 Å². The van der Waals surface area contributed by atoms with Crippen LogP contribution in [-0.2, 0) is 10.0 Å². The molecule has 2 rings (SSSR count). The third-order valence-corrected chi connectivity index (χ3v) is 3.96. The summed E-state index contributed by atoms with van der Waals surface area (Å²) in [5.41, 5.74) is 5.84. The Labute approximate surface area is 98.7 Å². The molecule has 0 amide bonds. The minimum absolute atomic E-state index is 0.109. The van der Waals surface area contributed by atoms with Crippen LogP contribution in [-0.4, -0.2) is 29.4 Å². The first-order chi connectivity index (χ1) is 7.48. The van der Waals surface area contributed by atoms with Crippen LogP contribution in [0.25, 0.3) is 0 Å². The minimum atomic E-state index is -3.33. The molecule has 4 N–H and O–H groups in total. The van der Waals surface area contributed by atoms with E-state index in [4.69, 9.17) is 18.0 Å². The molecule has 0 atom stereocenters. The summed E-state index contributed by atoms with van der Waals surface area (Å²) in [6, 6.07) is 0. The van der Waals surface area contributed by atoms with Gasteiger partial charge in [-0.3, -0.25) is 9.82 Å². The molecule has 0 aliphatic heterocycles. The van der Waals surface area contributed by atoms with Crippen LogP contribution >= 0.6 is 12.2 Å². The average Bonchev–Trinajstić information content (AvgIpc) is 2.80. The lowest BCUT2D eigenvalue weighted by molar-refractivity contribution is 0.597. The van der Waals surface area contributed by atoms with Gasteiger partial charge in [-0.05, 0) is 18.8 Å². The summed E-state index contributed by atoms with van der Waals surface area (Å²) < 4.78 is 25.8. The molecule has 88 valence electrons. The highest BCUT2D eigenvalue weighted by Crippen LogP contribution is 2.30. The van der Waals surface area contributed by atoms with E-state index in [2.05, 4.69) is 14.9 Å². The molecular formula is C8H12N4O2S2. The SMILES string of the molecule is NC(=S)c1cn[nH]c1NS(=O)(=O)CC1CC1. The van der Waals surface area contributed by atoms with Gasteiger partial charge in [-0.25, -0.2) is 8.42 Å². The van der Waals surface area contributed by atoms with Crippen molar-refractivity contribution >= 4 is 33.0 Å². The lowest BCUT2D eigenvalue weighted by Gasteiger charge is -2.06. The second-order valence-electron chi connectivity index (χ2n) is 3.85. The topological polar surface area (TPSA) is 101 Å². The Kier molecular flexibility index (Phi) is 2.85. The van der Waals surface area contributed by atoms with Gasteiger partial charge in [-0.15, -0.1) is 0 Å². The number of nitrogens with two attached hydrogens (primary N) is 1. The monoisotopic (exact) mass is 260 g/mol. The summed E-state index contributed by atoms with van der Waals surface area (Å²) in [6.07, 6.45) is 3.36. The molecule has 6 nitrogen and oxygen atoms in total. The van der Waals surface area contributed by atoms with E-state index in [0.29, 0.717) is 5.56 Å². The van der Waals surface area contributed by atoms with Crippen LogP contribution in [0.4, 0.5) is 5.82 Å². The maximum Gasteiger partial charge on any atom is 0.234 e. The average molecular weight is 260 g/mol. The first kappa shape index (κ1) is 11.3. The number of hydrogen-bond acceptors (Lipinski definition) is 4. The molecule has 1 aromatic rings. The lowest BCUT2D eigenvalue weighted by atomic mass is 10.3. The minimum Gasteiger partial charge on any atom is -0.389 e. The van der Waals surface area contributed by atoms with Gasteiger partial charge in [0.15, 0.2) is 0 Å². The standard InChI is InChI=1S/C8H12N4O2S2/c9-7(15)6-3-10-11-8(6)12-16(13,14)4-5-1-2-5/h3,5H,1-2,4H2,(H2,9,15)(H2,10,11,12). The second-order valence-corrected chi connectivity index (χ2v) is 6.06. The van der Waals surface area contributed by atoms with Crippen molar-refractivity contribution < 1.29 is 8.42 Å². The number of hydrogen-bond donors (Lipinski definition) is 3. The van der Waals surface area contributed by atoms with Crippen molar-refractivity contribution in [3.8, 4) is 0 Å². The second kappa shape index (κ2) is 4.02. The van der Waals surface area contributed by atoms with Crippen LogP contribution in [0.1, 0.15) is 18.4 Å². The number of nitrogens with zero attached hydrogens (tertiary/aromatic N) is 1. The smallest absolute Gasteiger partial charge is 0.234 e. The summed E-state index contributed by atoms with van der Waals surface area (Å²) in [5, 5.41) is 6.23. The lowest BCUT2D eigenvalue weighted by Crippen LogP contribution is -2.20. The Balaban J connectivity index is 2.13. The molecule has 1 fully saturated rings. The number of aromatic nitrogens is 2. The van der Waals surface area contributed by atoms with Crippen LogP contribution in [0.5, 0.6) is 0 Å². The third kappa shape index (κ3) is 2.70. The van der Waals surface area contributed by atoms with Gasteiger partial charge in [0.05, 0.1) is 17.5 Å². The molecule has 8 heteroatoms. The van der Waals surface area contributed by atoms with E-state index in [9.17, 15) is 8.42 Å². The number of H-pyrrole nitrogens is 1. The van der Waals surface area contributed by atoms with Gasteiger partial charge < -0.3 is 5.73 Å². The van der Waals surface area contributed by atoms with Crippen molar-refractivity contribution in [1.29, 1.82) is 0 Å². The quantitative estimate of drug-likeness (QED) is 0.656. The molecule has 1 aromatic heterocycles. The molecule has 0 radical (unpaired) electrons. The largest absolute Gasteiger partial charge is 0.389 e. The number of thiocarbonyl (C=S) groups is 1. The van der Waals surface area contributed by atoms with Gasteiger partial charge in [0.1, 0.15) is 10.8 Å². The number of aromatic amines is 1. The van der Waals surface area contributed by atoms with Crippen molar-refractivity contribution in [3.63, 3.8) is 0 Å². The first-order valence-corrected chi connectivity index (χ1v) is 6.87. The highest BCUT2D eigenvalue weighted by atomic mass is 32.2. The molecular weight excluding hydrogens is 248 g/mol. The Morgan fingerprint density at radius 1 is 1.69 bits per heavy atom. The highest BCUT2D eigenvalue weighted by molar-refractivity contribution is 7.92. The van der Waals surface area contributed by atoms with Gasteiger partial charge >= 0.3 is 0 Å². The predicted octanol–water partition coefficient (Wildman–Crippen LogP) is 0.196.